The summed E-state index contributed by atoms with van der Waals surface area (Å²) in [5.41, 5.74) is 0.0225. The standard InChI is InChI=1S/C35H41F3N12O3/c1-22-4-3-5-47(16-22)17-23-10-25-26(27(11-23)35(36,37)38)18-50(33(25)52)30-13-24(34(19-53-20-34)15-31-43-39-21-46(31)2)12-29(40-30)48-6-8-49(9-7-48)32(51)14-28-41-44-45-42-28/h10-13,21-22H,3-9,14-20H2,1-2H3,(H,41,42,44,45)/t22-/m0/s1. The molecule has 4 aliphatic heterocycles. The second-order valence-electron chi connectivity index (χ2n) is 14.8. The minimum absolute atomic E-state index is 0.0399. The second-order valence-corrected chi connectivity index (χ2v) is 14.8. The number of aromatic amines is 1. The van der Waals surface area contributed by atoms with Crippen LogP contribution in [-0.4, -0.2) is 114 Å². The smallest absolute Gasteiger partial charge is 0.379 e. The number of tetrazole rings is 1. The number of benzene rings is 1. The van der Waals surface area contributed by atoms with Crippen LogP contribution < -0.4 is 9.80 Å². The largest absolute Gasteiger partial charge is 0.416 e. The molecular weight excluding hydrogens is 693 g/mol. The molecule has 4 aliphatic rings. The average Bonchev–Trinajstić information content (AvgIpc) is 3.86. The van der Waals surface area contributed by atoms with Crippen LogP contribution in [0.5, 0.6) is 0 Å². The fraction of sp³-hybridized carbons (Fsp3) is 0.543. The summed E-state index contributed by atoms with van der Waals surface area (Å²) in [6, 6.07) is 6.62. The highest BCUT2D eigenvalue weighted by atomic mass is 19.4. The number of likely N-dealkylation sites (tertiary alicyclic amines) is 1. The lowest BCUT2D eigenvalue weighted by Crippen LogP contribution is -2.50. The Morgan fingerprint density at radius 2 is 1.85 bits per heavy atom. The number of aromatic nitrogens is 8. The van der Waals surface area contributed by atoms with E-state index in [0.29, 0.717) is 75.5 Å². The zero-order chi connectivity index (χ0) is 36.9. The Morgan fingerprint density at radius 1 is 1.06 bits per heavy atom. The third-order valence-corrected chi connectivity index (χ3v) is 11.0. The van der Waals surface area contributed by atoms with Gasteiger partial charge in [0.1, 0.15) is 23.8 Å². The topological polar surface area (TPSA) is 154 Å². The first kappa shape index (κ1) is 35.1. The first-order valence-corrected chi connectivity index (χ1v) is 17.9. The molecule has 0 bridgehead atoms. The van der Waals surface area contributed by atoms with Crippen molar-refractivity contribution in [1.29, 1.82) is 0 Å². The quantitative estimate of drug-likeness (QED) is 0.270. The number of nitrogens with zero attached hydrogens (tertiary/aromatic N) is 11. The summed E-state index contributed by atoms with van der Waals surface area (Å²) < 4.78 is 51.6. The van der Waals surface area contributed by atoms with Gasteiger partial charge in [-0.05, 0) is 76.7 Å². The highest BCUT2D eigenvalue weighted by molar-refractivity contribution is 6.10. The van der Waals surface area contributed by atoms with Crippen molar-refractivity contribution in [3.8, 4) is 0 Å². The van der Waals surface area contributed by atoms with Crippen LogP contribution in [0.1, 0.15) is 64.0 Å². The molecule has 0 saturated carbocycles. The lowest BCUT2D eigenvalue weighted by molar-refractivity contribution is -0.138. The summed E-state index contributed by atoms with van der Waals surface area (Å²) in [6.45, 7) is 6.35. The molecule has 8 rings (SSSR count). The normalized spacial score (nSPS) is 20.5. The molecule has 0 spiro atoms. The summed E-state index contributed by atoms with van der Waals surface area (Å²) in [4.78, 5) is 39.4. The van der Waals surface area contributed by atoms with E-state index in [2.05, 4.69) is 42.6 Å². The highest BCUT2D eigenvalue weighted by Gasteiger charge is 2.45. The molecule has 15 nitrogen and oxygen atoms in total. The number of amides is 2. The number of H-pyrrole nitrogens is 1. The Labute approximate surface area is 303 Å². The zero-order valence-electron chi connectivity index (χ0n) is 29.6. The molecule has 2 amide bonds. The van der Waals surface area contributed by atoms with E-state index in [1.807, 2.05) is 22.6 Å². The van der Waals surface area contributed by atoms with Gasteiger partial charge < -0.3 is 19.1 Å². The van der Waals surface area contributed by atoms with Crippen LogP contribution in [0, 0.1) is 5.92 Å². The fourth-order valence-electron chi connectivity index (χ4n) is 7.98. The van der Waals surface area contributed by atoms with Crippen molar-refractivity contribution in [1.82, 2.24) is 50.2 Å². The van der Waals surface area contributed by atoms with Gasteiger partial charge in [0, 0.05) is 63.7 Å². The predicted molar refractivity (Wildman–Crippen MR) is 184 cm³/mol. The summed E-state index contributed by atoms with van der Waals surface area (Å²) in [7, 11) is 1.87. The Kier molecular flexibility index (Phi) is 9.12. The van der Waals surface area contributed by atoms with Crippen LogP contribution in [-0.2, 0) is 54.1 Å². The molecule has 280 valence electrons. The van der Waals surface area contributed by atoms with Crippen molar-refractivity contribution in [2.45, 2.75) is 57.3 Å². The maximum Gasteiger partial charge on any atom is 0.416 e. The number of carbonyl (C=O) groups excluding carboxylic acids is 2. The SMILES string of the molecule is C[C@H]1CCCN(Cc2cc3c(c(C(F)(F)F)c2)CN(c2cc(C4(Cc5nncn5C)COC4)cc(N4CCN(C(=O)Cc5nnn[nH]5)CC4)n2)C3=O)C1. The maximum atomic E-state index is 14.7. The molecular formula is C35H41F3N12O3. The van der Waals surface area contributed by atoms with E-state index in [-0.39, 0.29) is 35.8 Å². The van der Waals surface area contributed by atoms with Gasteiger partial charge in [0.15, 0.2) is 5.82 Å². The van der Waals surface area contributed by atoms with E-state index in [9.17, 15) is 22.8 Å². The van der Waals surface area contributed by atoms with Crippen molar-refractivity contribution in [2.75, 3.05) is 62.3 Å². The van der Waals surface area contributed by atoms with Gasteiger partial charge in [-0.1, -0.05) is 6.92 Å². The Balaban J connectivity index is 1.12. The summed E-state index contributed by atoms with van der Waals surface area (Å²) in [6.07, 6.45) is -0.385. The number of aryl methyl sites for hydroxylation is 1. The zero-order valence-corrected chi connectivity index (χ0v) is 29.6. The molecule has 3 aromatic heterocycles. The fourth-order valence-corrected chi connectivity index (χ4v) is 7.98. The van der Waals surface area contributed by atoms with Crippen molar-refractivity contribution >= 4 is 23.5 Å². The van der Waals surface area contributed by atoms with Gasteiger partial charge in [0.25, 0.3) is 5.91 Å². The van der Waals surface area contributed by atoms with E-state index >= 15 is 0 Å². The minimum Gasteiger partial charge on any atom is -0.379 e. The first-order valence-electron chi connectivity index (χ1n) is 17.9. The Hall–Kier alpha value is -4.97. The monoisotopic (exact) mass is 734 g/mol. The van der Waals surface area contributed by atoms with E-state index in [1.165, 1.54) is 11.0 Å². The molecule has 0 radical (unpaired) electrons. The van der Waals surface area contributed by atoms with Gasteiger partial charge in [-0.3, -0.25) is 19.4 Å². The highest BCUT2D eigenvalue weighted by Crippen LogP contribution is 2.42. The lowest BCUT2D eigenvalue weighted by atomic mass is 9.75. The maximum absolute atomic E-state index is 14.7. The number of fused-ring (bicyclic) bond motifs is 1. The molecule has 0 aliphatic carbocycles. The Bertz CT molecular complexity index is 1990. The first-order chi connectivity index (χ1) is 25.5. The van der Waals surface area contributed by atoms with Crippen LogP contribution in [0.25, 0.3) is 0 Å². The number of carbonyl (C=O) groups is 2. The number of halogens is 3. The minimum atomic E-state index is -4.64. The third kappa shape index (κ3) is 6.96. The Morgan fingerprint density at radius 3 is 2.51 bits per heavy atom. The molecule has 1 aromatic carbocycles. The second kappa shape index (κ2) is 13.8. The molecule has 4 aromatic rings. The molecule has 1 atom stereocenters. The van der Waals surface area contributed by atoms with Gasteiger partial charge in [0.05, 0.1) is 31.7 Å². The van der Waals surface area contributed by atoms with E-state index in [4.69, 9.17) is 9.72 Å². The van der Waals surface area contributed by atoms with Crippen LogP contribution in [0.4, 0.5) is 24.8 Å². The lowest BCUT2D eigenvalue weighted by Gasteiger charge is -2.43. The number of rotatable bonds is 9. The summed E-state index contributed by atoms with van der Waals surface area (Å²) in [5, 5.41) is 21.8. The number of pyridine rings is 1. The molecule has 0 unspecified atom stereocenters. The van der Waals surface area contributed by atoms with Crippen molar-refractivity contribution < 1.29 is 27.5 Å². The molecule has 18 heteroatoms. The number of piperidine rings is 1. The van der Waals surface area contributed by atoms with Crippen LogP contribution in [0.15, 0.2) is 30.6 Å². The van der Waals surface area contributed by atoms with Gasteiger partial charge in [-0.2, -0.15) is 13.2 Å². The number of anilines is 2. The number of nitrogens with one attached hydrogen (secondary N) is 1. The predicted octanol–water partition coefficient (Wildman–Crippen LogP) is 2.54. The van der Waals surface area contributed by atoms with Crippen molar-refractivity contribution in [2.24, 2.45) is 13.0 Å². The number of hydrogen-bond donors (Lipinski definition) is 1. The molecule has 3 saturated heterocycles. The number of hydrogen-bond acceptors (Lipinski definition) is 11. The van der Waals surface area contributed by atoms with Crippen LogP contribution >= 0.6 is 0 Å². The van der Waals surface area contributed by atoms with Gasteiger partial charge in [0.2, 0.25) is 5.91 Å². The van der Waals surface area contributed by atoms with E-state index in [0.717, 1.165) is 37.3 Å². The summed E-state index contributed by atoms with van der Waals surface area (Å²) in [5.74, 6) is 1.78. The molecule has 1 N–H and O–H groups in total. The van der Waals surface area contributed by atoms with Gasteiger partial charge in [-0.25, -0.2) is 10.1 Å². The average molecular weight is 735 g/mol. The van der Waals surface area contributed by atoms with Gasteiger partial charge >= 0.3 is 6.18 Å². The van der Waals surface area contributed by atoms with Gasteiger partial charge in [-0.15, -0.1) is 15.3 Å². The van der Waals surface area contributed by atoms with Crippen molar-refractivity contribution in [3.63, 3.8) is 0 Å². The molecule has 53 heavy (non-hydrogen) atoms. The molecule has 7 heterocycles. The van der Waals surface area contributed by atoms with E-state index < -0.39 is 23.1 Å². The third-order valence-electron chi connectivity index (χ3n) is 11.0. The number of ether oxygens (including phenoxy) is 1. The molecule has 3 fully saturated rings. The van der Waals surface area contributed by atoms with Crippen LogP contribution in [0.2, 0.25) is 0 Å². The van der Waals surface area contributed by atoms with E-state index in [1.54, 1.807) is 23.4 Å². The number of piperazine rings is 1. The summed E-state index contributed by atoms with van der Waals surface area (Å²) >= 11 is 0. The van der Waals surface area contributed by atoms with Crippen molar-refractivity contribution in [3.05, 3.63) is 70.1 Å². The van der Waals surface area contributed by atoms with Crippen LogP contribution in [0.3, 0.4) is 0 Å². The number of alkyl halides is 3.